The van der Waals surface area contributed by atoms with E-state index in [-0.39, 0.29) is 0 Å². The minimum absolute atomic E-state index is 0.625. The Hall–Kier alpha value is -2.44. The van der Waals surface area contributed by atoms with Gasteiger partial charge in [0.25, 0.3) is 0 Å². The highest BCUT2D eigenvalue weighted by molar-refractivity contribution is 7.99. The number of nitrogens with zero attached hydrogens (tertiary/aromatic N) is 2. The van der Waals surface area contributed by atoms with E-state index in [1.165, 1.54) is 5.56 Å². The molecule has 2 aromatic carbocycles. The molecule has 0 aliphatic rings. The monoisotopic (exact) mass is 421 g/mol. The van der Waals surface area contributed by atoms with Crippen molar-refractivity contribution in [3.8, 4) is 5.75 Å². The second kappa shape index (κ2) is 9.85. The highest BCUT2D eigenvalue weighted by Crippen LogP contribution is 2.35. The summed E-state index contributed by atoms with van der Waals surface area (Å²) in [5, 5.41) is 0.901. The molecule has 4 nitrogen and oxygen atoms in total. The van der Waals surface area contributed by atoms with E-state index in [9.17, 15) is 0 Å². The molecule has 4 aromatic rings. The van der Waals surface area contributed by atoms with E-state index in [0.717, 1.165) is 44.7 Å². The van der Waals surface area contributed by atoms with E-state index in [4.69, 9.17) is 4.74 Å². The smallest absolute Gasteiger partial charge is 0.166 e. The number of imidazole rings is 1. The summed E-state index contributed by atoms with van der Waals surface area (Å²) < 4.78 is 5.99. The van der Waals surface area contributed by atoms with Crippen molar-refractivity contribution in [1.29, 1.82) is 0 Å². The largest absolute Gasteiger partial charge is 0.491 e. The van der Waals surface area contributed by atoms with Gasteiger partial charge in [0.05, 0.1) is 28.2 Å². The van der Waals surface area contributed by atoms with Crippen LogP contribution in [0.5, 0.6) is 5.75 Å². The van der Waals surface area contributed by atoms with Gasteiger partial charge in [-0.05, 0) is 37.1 Å². The SMILES string of the molecule is CCOc1c(SCCc2ccccc2)ccnc1CSc1nc2ccccc2[nH]1. The Morgan fingerprint density at radius 2 is 1.79 bits per heavy atom. The van der Waals surface area contributed by atoms with Gasteiger partial charge in [-0.25, -0.2) is 4.98 Å². The molecule has 0 unspecified atom stereocenters. The third-order valence-corrected chi connectivity index (χ3v) is 6.36. The Kier molecular flexibility index (Phi) is 6.75. The molecule has 2 heterocycles. The van der Waals surface area contributed by atoms with Gasteiger partial charge >= 0.3 is 0 Å². The van der Waals surface area contributed by atoms with Crippen molar-refractivity contribution in [3.63, 3.8) is 0 Å². The number of nitrogens with one attached hydrogen (secondary N) is 1. The molecule has 0 radical (unpaired) electrons. The summed E-state index contributed by atoms with van der Waals surface area (Å²) in [6.45, 7) is 2.64. The maximum Gasteiger partial charge on any atom is 0.166 e. The van der Waals surface area contributed by atoms with Gasteiger partial charge < -0.3 is 9.72 Å². The molecule has 0 bridgehead atoms. The number of hydrogen-bond donors (Lipinski definition) is 1. The topological polar surface area (TPSA) is 50.8 Å². The summed E-state index contributed by atoms with van der Waals surface area (Å²) in [6.07, 6.45) is 2.91. The van der Waals surface area contributed by atoms with Crippen LogP contribution >= 0.6 is 23.5 Å². The fourth-order valence-electron chi connectivity index (χ4n) is 3.04. The molecule has 6 heteroatoms. The molecule has 4 rings (SSSR count). The maximum absolute atomic E-state index is 5.99. The summed E-state index contributed by atoms with van der Waals surface area (Å²) in [6, 6.07) is 20.7. The zero-order valence-corrected chi connectivity index (χ0v) is 17.9. The molecule has 0 amide bonds. The molecule has 0 aliphatic heterocycles. The van der Waals surface area contributed by atoms with Crippen LogP contribution in [0, 0.1) is 0 Å². The maximum atomic E-state index is 5.99. The van der Waals surface area contributed by atoms with Crippen molar-refractivity contribution in [1.82, 2.24) is 15.0 Å². The van der Waals surface area contributed by atoms with Crippen LogP contribution in [0.1, 0.15) is 18.2 Å². The lowest BCUT2D eigenvalue weighted by molar-refractivity contribution is 0.327. The molecule has 1 N–H and O–H groups in total. The lowest BCUT2D eigenvalue weighted by Crippen LogP contribution is -2.01. The molecule has 0 saturated heterocycles. The Labute approximate surface area is 179 Å². The quantitative estimate of drug-likeness (QED) is 0.337. The number of aromatic nitrogens is 3. The zero-order chi connectivity index (χ0) is 19.9. The summed E-state index contributed by atoms with van der Waals surface area (Å²) in [5.74, 6) is 2.61. The third-order valence-electron chi connectivity index (χ3n) is 4.44. The number of pyridine rings is 1. The van der Waals surface area contributed by atoms with Gasteiger partial charge in [-0.2, -0.15) is 0 Å². The molecule has 2 aromatic heterocycles. The van der Waals surface area contributed by atoms with Gasteiger partial charge in [0.1, 0.15) is 0 Å². The van der Waals surface area contributed by atoms with E-state index in [1.807, 2.05) is 49.1 Å². The molecule has 0 saturated carbocycles. The van der Waals surface area contributed by atoms with E-state index in [0.29, 0.717) is 12.4 Å². The normalized spacial score (nSPS) is 11.1. The van der Waals surface area contributed by atoms with Gasteiger partial charge in [-0.3, -0.25) is 4.98 Å². The Morgan fingerprint density at radius 3 is 2.62 bits per heavy atom. The first-order valence-electron chi connectivity index (χ1n) is 9.68. The Bertz CT molecular complexity index is 1030. The number of ether oxygens (including phenoxy) is 1. The van der Waals surface area contributed by atoms with Crippen LogP contribution in [0.25, 0.3) is 11.0 Å². The van der Waals surface area contributed by atoms with Crippen molar-refractivity contribution in [2.24, 2.45) is 0 Å². The average molecular weight is 422 g/mol. The molecule has 29 heavy (non-hydrogen) atoms. The first kappa shape index (κ1) is 19.9. The minimum Gasteiger partial charge on any atom is -0.491 e. The number of benzene rings is 2. The van der Waals surface area contributed by atoms with Crippen molar-refractivity contribution >= 4 is 34.6 Å². The number of rotatable bonds is 9. The number of H-pyrrole nitrogens is 1. The van der Waals surface area contributed by atoms with Crippen molar-refractivity contribution in [2.75, 3.05) is 12.4 Å². The zero-order valence-electron chi connectivity index (χ0n) is 16.3. The van der Waals surface area contributed by atoms with E-state index >= 15 is 0 Å². The molecular formula is C23H23N3OS2. The highest BCUT2D eigenvalue weighted by Gasteiger charge is 2.13. The van der Waals surface area contributed by atoms with Crippen LogP contribution < -0.4 is 4.74 Å². The molecule has 0 atom stereocenters. The number of para-hydroxylation sites is 2. The fraction of sp³-hybridized carbons (Fsp3) is 0.217. The summed E-state index contributed by atoms with van der Waals surface area (Å²) in [4.78, 5) is 13.7. The highest BCUT2D eigenvalue weighted by atomic mass is 32.2. The predicted octanol–water partition coefficient (Wildman–Crippen LogP) is 5.98. The van der Waals surface area contributed by atoms with E-state index in [2.05, 4.69) is 51.4 Å². The standard InChI is InChI=1S/C23H23N3OS2/c1-2-27-22-20(16-29-23-25-18-10-6-7-11-19(18)26-23)24-14-12-21(22)28-15-13-17-8-4-3-5-9-17/h3-12,14H,2,13,15-16H2,1H3,(H,25,26). The van der Waals surface area contributed by atoms with Crippen molar-refractivity contribution in [2.45, 2.75) is 29.1 Å². The second-order valence-corrected chi connectivity index (χ2v) is 8.55. The van der Waals surface area contributed by atoms with Gasteiger partial charge in [-0.1, -0.05) is 54.2 Å². The third kappa shape index (κ3) is 5.14. The first-order chi connectivity index (χ1) is 14.3. The number of thioether (sulfide) groups is 2. The fourth-order valence-corrected chi connectivity index (χ4v) is 4.89. The van der Waals surface area contributed by atoms with Gasteiger partial charge in [0.15, 0.2) is 10.9 Å². The Balaban J connectivity index is 1.45. The van der Waals surface area contributed by atoms with Crippen LogP contribution in [0.15, 0.2) is 76.9 Å². The van der Waals surface area contributed by atoms with Gasteiger partial charge in [0.2, 0.25) is 0 Å². The summed E-state index contributed by atoms with van der Waals surface area (Å²) >= 11 is 3.47. The number of aromatic amines is 1. The van der Waals surface area contributed by atoms with Crippen LogP contribution in [0.2, 0.25) is 0 Å². The molecule has 148 valence electrons. The first-order valence-corrected chi connectivity index (χ1v) is 11.7. The molecule has 0 fully saturated rings. The minimum atomic E-state index is 0.625. The molecular weight excluding hydrogens is 398 g/mol. The predicted molar refractivity (Wildman–Crippen MR) is 122 cm³/mol. The lowest BCUT2D eigenvalue weighted by Gasteiger charge is -2.13. The number of fused-ring (bicyclic) bond motifs is 1. The summed E-state index contributed by atoms with van der Waals surface area (Å²) in [7, 11) is 0. The van der Waals surface area contributed by atoms with Crippen molar-refractivity contribution in [3.05, 3.63) is 78.1 Å². The van der Waals surface area contributed by atoms with E-state index < -0.39 is 0 Å². The lowest BCUT2D eigenvalue weighted by atomic mass is 10.2. The molecule has 0 aliphatic carbocycles. The van der Waals surface area contributed by atoms with Crippen LogP contribution in [0.3, 0.4) is 0 Å². The van der Waals surface area contributed by atoms with Crippen molar-refractivity contribution < 1.29 is 4.74 Å². The average Bonchev–Trinajstić information content (AvgIpc) is 3.18. The van der Waals surface area contributed by atoms with Crippen LogP contribution in [-0.2, 0) is 12.2 Å². The number of aryl methyl sites for hydroxylation is 1. The van der Waals surface area contributed by atoms with Gasteiger partial charge in [0, 0.05) is 17.7 Å². The van der Waals surface area contributed by atoms with E-state index in [1.54, 1.807) is 11.8 Å². The van der Waals surface area contributed by atoms with Gasteiger partial charge in [-0.15, -0.1) is 11.8 Å². The number of hydrogen-bond acceptors (Lipinski definition) is 5. The van der Waals surface area contributed by atoms with Crippen LogP contribution in [0.4, 0.5) is 0 Å². The molecule has 0 spiro atoms. The van der Waals surface area contributed by atoms with Crippen LogP contribution in [-0.4, -0.2) is 27.3 Å². The Morgan fingerprint density at radius 1 is 0.966 bits per heavy atom. The summed E-state index contributed by atoms with van der Waals surface area (Å²) in [5.41, 5.74) is 4.35. The second-order valence-electron chi connectivity index (χ2n) is 6.45.